The van der Waals surface area contributed by atoms with Gasteiger partial charge in [0, 0.05) is 27.1 Å². The maximum Gasteiger partial charge on any atom is 0.282 e. The van der Waals surface area contributed by atoms with Crippen molar-refractivity contribution in [3.8, 4) is 23.1 Å². The molecule has 0 fully saturated rings. The molecule has 0 saturated carbocycles. The molecule has 2 aromatic heterocycles. The number of carbonyl (C=O) groups is 1. The Kier molecular flexibility index (Phi) is 7.89. The summed E-state index contributed by atoms with van der Waals surface area (Å²) in [4.78, 5) is 32.1. The van der Waals surface area contributed by atoms with Gasteiger partial charge in [-0.1, -0.05) is 58.4 Å². The van der Waals surface area contributed by atoms with Crippen molar-refractivity contribution in [2.75, 3.05) is 13.2 Å². The molecule has 0 spiro atoms. The van der Waals surface area contributed by atoms with Crippen LogP contribution in [0.15, 0.2) is 110 Å². The molecule has 0 aliphatic heterocycles. The predicted molar refractivity (Wildman–Crippen MR) is 171 cm³/mol. The number of aromatic nitrogens is 2. The molecule has 0 saturated heterocycles. The molecule has 2 heterocycles. The van der Waals surface area contributed by atoms with Crippen LogP contribution in [-0.2, 0) is 0 Å². The molecule has 0 atom stereocenters. The Morgan fingerprint density at radius 3 is 2.47 bits per heavy atom. The van der Waals surface area contributed by atoms with Gasteiger partial charge in [-0.15, -0.1) is 0 Å². The Labute approximate surface area is 255 Å². The third kappa shape index (κ3) is 5.59. The molecule has 0 radical (unpaired) electrons. The molecule has 0 aliphatic rings. The monoisotopic (exact) mass is 635 g/mol. The zero-order valence-electron chi connectivity index (χ0n) is 23.4. The highest BCUT2D eigenvalue weighted by Gasteiger charge is 2.20. The van der Waals surface area contributed by atoms with Crippen molar-refractivity contribution in [3.63, 3.8) is 0 Å². The maximum atomic E-state index is 13.8. The van der Waals surface area contributed by atoms with Gasteiger partial charge in [0.25, 0.3) is 5.56 Å². The van der Waals surface area contributed by atoms with Crippen LogP contribution >= 0.6 is 15.9 Å². The summed E-state index contributed by atoms with van der Waals surface area (Å²) < 4.78 is 20.0. The third-order valence-electron chi connectivity index (χ3n) is 6.76. The molecule has 4 aromatic carbocycles. The van der Waals surface area contributed by atoms with Crippen LogP contribution in [0.2, 0.25) is 0 Å². The SMILES string of the molecule is CCOc1cc(OCC)c(C(=O)c2ccccc2)cc1C=Nn1c(-c2cc3cc(Br)ccc3o2)nc2ccccc2c1=O. The minimum atomic E-state index is -0.372. The fourth-order valence-corrected chi connectivity index (χ4v) is 5.17. The number of rotatable bonds is 9. The van der Waals surface area contributed by atoms with Crippen molar-refractivity contribution in [1.29, 1.82) is 0 Å². The lowest BCUT2D eigenvalue weighted by Gasteiger charge is -2.15. The molecule has 214 valence electrons. The average Bonchev–Trinajstić information content (AvgIpc) is 3.45. The maximum absolute atomic E-state index is 13.8. The normalized spacial score (nSPS) is 11.4. The van der Waals surface area contributed by atoms with E-state index in [1.54, 1.807) is 42.5 Å². The number of halogens is 1. The lowest BCUT2D eigenvalue weighted by atomic mass is 10.00. The van der Waals surface area contributed by atoms with E-state index in [4.69, 9.17) is 18.9 Å². The van der Waals surface area contributed by atoms with E-state index in [0.717, 1.165) is 9.86 Å². The van der Waals surface area contributed by atoms with E-state index >= 15 is 0 Å². The number of benzene rings is 4. The number of ether oxygens (including phenoxy) is 2. The summed E-state index contributed by atoms with van der Waals surface area (Å²) in [6, 6.07) is 26.9. The number of fused-ring (bicyclic) bond motifs is 2. The lowest BCUT2D eigenvalue weighted by Crippen LogP contribution is -2.20. The van der Waals surface area contributed by atoms with Crippen molar-refractivity contribution in [2.24, 2.45) is 5.10 Å². The molecule has 0 N–H and O–H groups in total. The summed E-state index contributed by atoms with van der Waals surface area (Å²) in [5.74, 6) is 1.26. The lowest BCUT2D eigenvalue weighted by molar-refractivity contribution is 0.103. The first-order valence-electron chi connectivity index (χ1n) is 13.8. The van der Waals surface area contributed by atoms with Crippen molar-refractivity contribution < 1.29 is 18.7 Å². The van der Waals surface area contributed by atoms with Crippen LogP contribution in [-0.4, -0.2) is 34.9 Å². The largest absolute Gasteiger partial charge is 0.493 e. The van der Waals surface area contributed by atoms with Gasteiger partial charge in [0.15, 0.2) is 11.5 Å². The minimum Gasteiger partial charge on any atom is -0.493 e. The van der Waals surface area contributed by atoms with Crippen LogP contribution in [0.4, 0.5) is 0 Å². The molecule has 6 rings (SSSR count). The molecule has 0 amide bonds. The second-order valence-corrected chi connectivity index (χ2v) is 10.5. The molecule has 0 aliphatic carbocycles. The molecule has 0 unspecified atom stereocenters. The number of nitrogens with zero attached hydrogens (tertiary/aromatic N) is 3. The molecule has 8 nitrogen and oxygen atoms in total. The second kappa shape index (κ2) is 12.1. The molecular formula is C34H26BrN3O5. The minimum absolute atomic E-state index is 0.208. The first-order chi connectivity index (χ1) is 21.0. The molecular weight excluding hydrogens is 610 g/mol. The van der Waals surface area contributed by atoms with Crippen LogP contribution in [0, 0.1) is 0 Å². The Morgan fingerprint density at radius 1 is 0.930 bits per heavy atom. The van der Waals surface area contributed by atoms with Crippen LogP contribution < -0.4 is 15.0 Å². The standard InChI is InChI=1S/C34H26BrN3O5/c1-3-41-29-19-30(42-4-2)26(32(39)21-10-6-5-7-11-21)17-23(29)20-36-38-33(37-27-13-9-8-12-25(27)34(38)40)31-18-22-16-24(35)14-15-28(22)43-31/h5-20H,3-4H2,1-2H3. The predicted octanol–water partition coefficient (Wildman–Crippen LogP) is 7.48. The first kappa shape index (κ1) is 28.1. The zero-order valence-corrected chi connectivity index (χ0v) is 25.0. The van der Waals surface area contributed by atoms with E-state index in [-0.39, 0.29) is 17.2 Å². The fraction of sp³-hybridized carbons (Fsp3) is 0.118. The highest BCUT2D eigenvalue weighted by atomic mass is 79.9. The topological polar surface area (TPSA) is 95.9 Å². The summed E-state index contributed by atoms with van der Waals surface area (Å²) in [6.45, 7) is 4.45. The molecule has 6 aromatic rings. The summed E-state index contributed by atoms with van der Waals surface area (Å²) in [5.41, 5.74) is 2.15. The smallest absolute Gasteiger partial charge is 0.282 e. The van der Waals surface area contributed by atoms with Gasteiger partial charge in [0.2, 0.25) is 5.82 Å². The number of para-hydroxylation sites is 1. The summed E-state index contributed by atoms with van der Waals surface area (Å²) in [6.07, 6.45) is 1.49. The number of furan rings is 1. The van der Waals surface area contributed by atoms with Crippen LogP contribution in [0.1, 0.15) is 35.3 Å². The number of carbonyl (C=O) groups excluding carboxylic acids is 1. The van der Waals surface area contributed by atoms with Gasteiger partial charge in [-0.3, -0.25) is 9.59 Å². The van der Waals surface area contributed by atoms with Crippen molar-refractivity contribution >= 4 is 49.8 Å². The summed E-state index contributed by atoms with van der Waals surface area (Å²) >= 11 is 3.49. The number of ketones is 1. The Morgan fingerprint density at radius 2 is 1.67 bits per heavy atom. The van der Waals surface area contributed by atoms with Crippen molar-refractivity contribution in [2.45, 2.75) is 13.8 Å². The van der Waals surface area contributed by atoms with E-state index in [1.165, 1.54) is 10.9 Å². The quantitative estimate of drug-likeness (QED) is 0.121. The number of hydrogen-bond acceptors (Lipinski definition) is 7. The number of hydrogen-bond donors (Lipinski definition) is 0. The summed E-state index contributed by atoms with van der Waals surface area (Å²) in [5, 5.41) is 5.84. The first-order valence-corrected chi connectivity index (χ1v) is 14.5. The van der Waals surface area contributed by atoms with Crippen LogP contribution in [0.3, 0.4) is 0 Å². The second-order valence-electron chi connectivity index (χ2n) is 9.55. The van der Waals surface area contributed by atoms with E-state index in [2.05, 4.69) is 21.0 Å². The highest BCUT2D eigenvalue weighted by molar-refractivity contribution is 9.10. The van der Waals surface area contributed by atoms with Crippen molar-refractivity contribution in [1.82, 2.24) is 9.66 Å². The van der Waals surface area contributed by atoms with Gasteiger partial charge in [0.05, 0.1) is 35.9 Å². The van der Waals surface area contributed by atoms with Gasteiger partial charge < -0.3 is 13.9 Å². The van der Waals surface area contributed by atoms with Crippen LogP contribution in [0.5, 0.6) is 11.5 Å². The summed E-state index contributed by atoms with van der Waals surface area (Å²) in [7, 11) is 0. The zero-order chi connectivity index (χ0) is 29.9. The molecule has 9 heteroatoms. The Bertz CT molecular complexity index is 2060. The van der Waals surface area contributed by atoms with Gasteiger partial charge in [0.1, 0.15) is 17.1 Å². The van der Waals surface area contributed by atoms with Crippen molar-refractivity contribution in [3.05, 3.63) is 123 Å². The van der Waals surface area contributed by atoms with E-state index in [0.29, 0.717) is 63.6 Å². The Balaban J connectivity index is 1.53. The fourth-order valence-electron chi connectivity index (χ4n) is 4.79. The highest BCUT2D eigenvalue weighted by Crippen LogP contribution is 2.32. The van der Waals surface area contributed by atoms with Gasteiger partial charge in [-0.25, -0.2) is 4.98 Å². The molecule has 0 bridgehead atoms. The average molecular weight is 637 g/mol. The Hall–Kier alpha value is -5.02. The third-order valence-corrected chi connectivity index (χ3v) is 7.25. The van der Waals surface area contributed by atoms with E-state index < -0.39 is 0 Å². The van der Waals surface area contributed by atoms with E-state index in [9.17, 15) is 9.59 Å². The van der Waals surface area contributed by atoms with Crippen LogP contribution in [0.25, 0.3) is 33.5 Å². The van der Waals surface area contributed by atoms with Gasteiger partial charge >= 0.3 is 0 Å². The molecule has 43 heavy (non-hydrogen) atoms. The van der Waals surface area contributed by atoms with E-state index in [1.807, 2.05) is 62.4 Å². The van der Waals surface area contributed by atoms with Gasteiger partial charge in [-0.2, -0.15) is 9.78 Å². The van der Waals surface area contributed by atoms with Gasteiger partial charge in [-0.05, 0) is 56.3 Å².